The Hall–Kier alpha value is -3.26. The predicted molar refractivity (Wildman–Crippen MR) is 128 cm³/mol. The molecule has 0 aromatic heterocycles. The van der Waals surface area contributed by atoms with Crippen molar-refractivity contribution in [2.24, 2.45) is 0 Å². The van der Waals surface area contributed by atoms with Crippen LogP contribution in [0.4, 0.5) is 0 Å². The van der Waals surface area contributed by atoms with Crippen molar-refractivity contribution in [2.45, 2.75) is 38.6 Å². The normalized spacial score (nSPS) is 14.2. The van der Waals surface area contributed by atoms with Gasteiger partial charge in [-0.15, -0.1) is 11.6 Å². The minimum atomic E-state index is -0.432. The summed E-state index contributed by atoms with van der Waals surface area (Å²) in [5.41, 5.74) is 2.53. The second-order valence-corrected chi connectivity index (χ2v) is 8.19. The number of fused-ring (bicyclic) bond motifs is 3. The highest BCUT2D eigenvalue weighted by molar-refractivity contribution is 6.17. The molecule has 1 aliphatic carbocycles. The molecular formula is C25H28ClNO7. The van der Waals surface area contributed by atoms with E-state index in [9.17, 15) is 14.4 Å². The topological polar surface area (TPSA) is 100 Å². The van der Waals surface area contributed by atoms with Crippen LogP contribution >= 0.6 is 11.6 Å². The second kappa shape index (κ2) is 11.2. The van der Waals surface area contributed by atoms with Gasteiger partial charge in [0, 0.05) is 24.8 Å². The summed E-state index contributed by atoms with van der Waals surface area (Å²) in [5, 5.41) is 2.94. The number of amides is 1. The Bertz CT molecular complexity index is 1150. The zero-order valence-electron chi connectivity index (χ0n) is 19.7. The van der Waals surface area contributed by atoms with E-state index in [0.29, 0.717) is 47.6 Å². The highest BCUT2D eigenvalue weighted by atomic mass is 35.5. The molecule has 0 spiro atoms. The molecule has 0 fully saturated rings. The number of benzene rings is 1. The number of halogens is 1. The van der Waals surface area contributed by atoms with Crippen molar-refractivity contribution in [3.63, 3.8) is 0 Å². The van der Waals surface area contributed by atoms with E-state index >= 15 is 0 Å². The Balaban J connectivity index is 2.28. The number of hydrogen-bond acceptors (Lipinski definition) is 7. The largest absolute Gasteiger partial charge is 0.493 e. The Kier molecular flexibility index (Phi) is 8.39. The number of nitrogens with one attached hydrogen (secondary N) is 1. The van der Waals surface area contributed by atoms with E-state index in [2.05, 4.69) is 5.32 Å². The highest BCUT2D eigenvalue weighted by Crippen LogP contribution is 2.50. The number of hydrogen-bond donors (Lipinski definition) is 1. The molecule has 2 aromatic carbocycles. The third kappa shape index (κ3) is 5.28. The van der Waals surface area contributed by atoms with Gasteiger partial charge in [-0.2, -0.15) is 0 Å². The number of carbonyl (C=O) groups is 2. The second-order valence-electron chi connectivity index (χ2n) is 7.81. The van der Waals surface area contributed by atoms with Gasteiger partial charge in [-0.3, -0.25) is 14.4 Å². The van der Waals surface area contributed by atoms with Crippen molar-refractivity contribution in [2.75, 3.05) is 27.2 Å². The van der Waals surface area contributed by atoms with Crippen molar-refractivity contribution in [1.29, 1.82) is 0 Å². The molecule has 182 valence electrons. The van der Waals surface area contributed by atoms with Gasteiger partial charge >= 0.3 is 5.97 Å². The van der Waals surface area contributed by atoms with Crippen molar-refractivity contribution in [3.8, 4) is 34.1 Å². The number of methoxy groups -OCH3 is 3. The molecule has 0 bridgehead atoms. The standard InChI is InChI=1S/C25H28ClNO7/c1-14(28)27-18-9-7-15-12-21(34-22(30)6-5-11-26)24(32-3)25(33-4)23(15)16-8-10-20(31-2)19(29)13-17(16)18/h8,10,12-13,18H,5-7,9,11H2,1-4H3,(H,27,28). The number of esters is 1. The van der Waals surface area contributed by atoms with E-state index in [1.54, 1.807) is 18.2 Å². The highest BCUT2D eigenvalue weighted by Gasteiger charge is 2.30. The summed E-state index contributed by atoms with van der Waals surface area (Å²) in [6, 6.07) is 6.17. The molecule has 1 amide bonds. The van der Waals surface area contributed by atoms with Crippen molar-refractivity contribution in [3.05, 3.63) is 45.6 Å². The summed E-state index contributed by atoms with van der Waals surface area (Å²) in [6.07, 6.45) is 1.70. The summed E-state index contributed by atoms with van der Waals surface area (Å²) < 4.78 is 22.2. The molecule has 1 atom stereocenters. The van der Waals surface area contributed by atoms with Crippen LogP contribution in [0.3, 0.4) is 0 Å². The molecule has 0 heterocycles. The van der Waals surface area contributed by atoms with Gasteiger partial charge in [0.05, 0.1) is 27.4 Å². The third-order valence-corrected chi connectivity index (χ3v) is 5.88. The first-order valence-electron chi connectivity index (χ1n) is 10.9. The van der Waals surface area contributed by atoms with Gasteiger partial charge in [0.2, 0.25) is 17.1 Å². The first-order chi connectivity index (χ1) is 16.3. The third-order valence-electron chi connectivity index (χ3n) is 5.62. The molecule has 0 saturated carbocycles. The van der Waals surface area contributed by atoms with Crippen LogP contribution in [0.15, 0.2) is 29.1 Å². The van der Waals surface area contributed by atoms with Crippen LogP contribution in [-0.4, -0.2) is 39.1 Å². The van der Waals surface area contributed by atoms with Gasteiger partial charge in [0.15, 0.2) is 17.2 Å². The molecule has 8 nitrogen and oxygen atoms in total. The monoisotopic (exact) mass is 489 g/mol. The van der Waals surface area contributed by atoms with Crippen LogP contribution in [0.25, 0.3) is 11.1 Å². The van der Waals surface area contributed by atoms with Crippen LogP contribution in [0.1, 0.15) is 43.4 Å². The molecule has 1 aliphatic rings. The van der Waals surface area contributed by atoms with E-state index in [1.165, 1.54) is 34.3 Å². The van der Waals surface area contributed by atoms with Gasteiger partial charge in [-0.05, 0) is 54.2 Å². The molecular weight excluding hydrogens is 462 g/mol. The van der Waals surface area contributed by atoms with Crippen LogP contribution in [-0.2, 0) is 16.0 Å². The van der Waals surface area contributed by atoms with E-state index in [1.807, 2.05) is 0 Å². The molecule has 0 saturated heterocycles. The summed E-state index contributed by atoms with van der Waals surface area (Å²) in [6.45, 7) is 1.43. The minimum absolute atomic E-state index is 0.168. The Morgan fingerprint density at radius 2 is 1.79 bits per heavy atom. The van der Waals surface area contributed by atoms with Gasteiger partial charge in [0.25, 0.3) is 0 Å². The van der Waals surface area contributed by atoms with Crippen LogP contribution < -0.4 is 29.7 Å². The number of ether oxygens (including phenoxy) is 4. The summed E-state index contributed by atoms with van der Waals surface area (Å²) in [5.74, 6) is 0.729. The van der Waals surface area contributed by atoms with Gasteiger partial charge < -0.3 is 24.3 Å². The van der Waals surface area contributed by atoms with Gasteiger partial charge in [0.1, 0.15) is 0 Å². The quantitative estimate of drug-likeness (QED) is 0.342. The van der Waals surface area contributed by atoms with Crippen LogP contribution in [0.2, 0.25) is 0 Å². The Morgan fingerprint density at radius 3 is 2.41 bits per heavy atom. The van der Waals surface area contributed by atoms with Crippen LogP contribution in [0, 0.1) is 0 Å². The molecule has 1 N–H and O–H groups in total. The van der Waals surface area contributed by atoms with Crippen molar-refractivity contribution >= 4 is 23.5 Å². The molecule has 9 heteroatoms. The molecule has 1 unspecified atom stereocenters. The lowest BCUT2D eigenvalue weighted by Crippen LogP contribution is -2.26. The fourth-order valence-electron chi connectivity index (χ4n) is 4.17. The first kappa shape index (κ1) is 25.4. The number of carbonyl (C=O) groups excluding carboxylic acids is 2. The zero-order chi connectivity index (χ0) is 24.8. The van der Waals surface area contributed by atoms with Crippen molar-refractivity contribution < 1.29 is 28.5 Å². The number of rotatable bonds is 8. The fraction of sp³-hybridized carbons (Fsp3) is 0.400. The molecule has 3 rings (SSSR count). The zero-order valence-corrected chi connectivity index (χ0v) is 20.4. The van der Waals surface area contributed by atoms with Gasteiger partial charge in [-0.1, -0.05) is 6.07 Å². The summed E-state index contributed by atoms with van der Waals surface area (Å²) >= 11 is 5.70. The number of aryl methyl sites for hydroxylation is 1. The lowest BCUT2D eigenvalue weighted by molar-refractivity contribution is -0.134. The lowest BCUT2D eigenvalue weighted by atomic mass is 9.95. The first-order valence-corrected chi connectivity index (χ1v) is 11.4. The lowest BCUT2D eigenvalue weighted by Gasteiger charge is -2.20. The van der Waals surface area contributed by atoms with E-state index in [4.69, 9.17) is 30.5 Å². The SMILES string of the molecule is COc1c(OC(=O)CCCCl)cc2c(c1OC)-c1ccc(OC)c(=O)cc1C(NC(C)=O)CC2. The van der Waals surface area contributed by atoms with Gasteiger partial charge in [-0.25, -0.2) is 0 Å². The average Bonchev–Trinajstić information content (AvgIpc) is 3.05. The molecule has 0 aliphatic heterocycles. The Labute approximate surface area is 203 Å². The van der Waals surface area contributed by atoms with Crippen LogP contribution in [0.5, 0.6) is 23.0 Å². The molecule has 0 radical (unpaired) electrons. The molecule has 34 heavy (non-hydrogen) atoms. The predicted octanol–water partition coefficient (Wildman–Crippen LogP) is 3.79. The minimum Gasteiger partial charge on any atom is -0.493 e. The summed E-state index contributed by atoms with van der Waals surface area (Å²) in [7, 11) is 4.38. The van der Waals surface area contributed by atoms with E-state index < -0.39 is 12.0 Å². The summed E-state index contributed by atoms with van der Waals surface area (Å²) in [4.78, 5) is 37.0. The molecule has 2 aromatic rings. The maximum Gasteiger partial charge on any atom is 0.311 e. The van der Waals surface area contributed by atoms with E-state index in [0.717, 1.165) is 5.56 Å². The van der Waals surface area contributed by atoms with Crippen molar-refractivity contribution in [1.82, 2.24) is 5.32 Å². The average molecular weight is 490 g/mol. The number of alkyl halides is 1. The maximum absolute atomic E-state index is 12.8. The van der Waals surface area contributed by atoms with E-state index in [-0.39, 0.29) is 35.0 Å². The fourth-order valence-corrected chi connectivity index (χ4v) is 4.30. The smallest absolute Gasteiger partial charge is 0.311 e. The Morgan fingerprint density at radius 1 is 1.06 bits per heavy atom. The maximum atomic E-state index is 12.8.